The van der Waals surface area contributed by atoms with Gasteiger partial charge < -0.3 is 0 Å². The zero-order valence-electron chi connectivity index (χ0n) is 30.1. The van der Waals surface area contributed by atoms with E-state index in [-0.39, 0.29) is 6.42 Å². The van der Waals surface area contributed by atoms with E-state index in [1.54, 1.807) is 0 Å². The van der Waals surface area contributed by atoms with Gasteiger partial charge in [-0.2, -0.15) is 26.3 Å². The van der Waals surface area contributed by atoms with Crippen LogP contribution in [-0.4, -0.2) is 62.8 Å². The van der Waals surface area contributed by atoms with Crippen LogP contribution in [0.25, 0.3) is 0 Å². The third kappa shape index (κ3) is 19.5. The first-order valence-corrected chi connectivity index (χ1v) is 24.2. The van der Waals surface area contributed by atoms with Crippen LogP contribution in [0.1, 0.15) is 175 Å². The average molecular weight is 763 g/mol. The van der Waals surface area contributed by atoms with Crippen LogP contribution in [0.3, 0.4) is 0 Å². The Hall–Kier alpha value is -0.130. The maximum atomic E-state index is 13.1. The number of alkyl halides is 6. The van der Waals surface area contributed by atoms with Crippen LogP contribution in [-0.2, 0) is 20.0 Å². The first-order chi connectivity index (χ1) is 22.5. The molecule has 14 heteroatoms. The Morgan fingerprint density at radius 1 is 0.396 bits per heavy atom. The molecule has 0 aliphatic carbocycles. The van der Waals surface area contributed by atoms with E-state index in [2.05, 4.69) is 20.8 Å². The van der Waals surface area contributed by atoms with E-state index < -0.39 is 55.0 Å². The zero-order valence-corrected chi connectivity index (χ0v) is 32.6. The van der Waals surface area contributed by atoms with Crippen molar-refractivity contribution in [2.24, 2.45) is 0 Å². The summed E-state index contributed by atoms with van der Waals surface area (Å²) in [6, 6.07) is 0. The van der Waals surface area contributed by atoms with E-state index in [1.165, 1.54) is 134 Å². The maximum absolute atomic E-state index is 13.1. The largest absolute Gasteiger partial charge is 0.512 e. The van der Waals surface area contributed by atoms with Crippen molar-refractivity contribution >= 4 is 27.3 Å². The molecule has 0 amide bonds. The molecule has 0 fully saturated rings. The Kier molecular flexibility index (Phi) is 25.7. The fraction of sp³-hybridized carbons (Fsp3) is 1.00. The van der Waals surface area contributed by atoms with Crippen LogP contribution in [0.15, 0.2) is 0 Å². The van der Waals surface area contributed by atoms with Gasteiger partial charge in [0.1, 0.15) is 0 Å². The normalized spacial score (nSPS) is 13.5. The second-order valence-corrected chi connectivity index (χ2v) is 22.0. The molecule has 48 heavy (non-hydrogen) atoms. The molecule has 0 atom stereocenters. The van der Waals surface area contributed by atoms with Crippen molar-refractivity contribution in [3.63, 3.8) is 0 Å². The van der Waals surface area contributed by atoms with Crippen LogP contribution >= 0.6 is 7.26 Å². The zero-order chi connectivity index (χ0) is 36.6. The Bertz CT molecular complexity index is 952. The summed E-state index contributed by atoms with van der Waals surface area (Å²) in [7, 11) is -14.8. The lowest BCUT2D eigenvalue weighted by molar-refractivity contribution is -0.0531. The summed E-state index contributed by atoms with van der Waals surface area (Å²) in [5.74, 6) is 0. The first-order valence-electron chi connectivity index (χ1n) is 18.8. The third-order valence-electron chi connectivity index (χ3n) is 9.30. The molecule has 0 aliphatic rings. The molecule has 0 heterocycles. The van der Waals surface area contributed by atoms with Gasteiger partial charge in [-0.05, 0) is 57.8 Å². The number of rotatable bonds is 32. The Labute approximate surface area is 290 Å². The summed E-state index contributed by atoms with van der Waals surface area (Å²) >= 11 is 0. The van der Waals surface area contributed by atoms with Crippen molar-refractivity contribution in [1.29, 1.82) is 0 Å². The van der Waals surface area contributed by atoms with Crippen LogP contribution in [0.5, 0.6) is 0 Å². The van der Waals surface area contributed by atoms with Gasteiger partial charge in [0.05, 0.1) is 24.6 Å². The Balaban J connectivity index is 5.24. The SMILES string of the molecule is CCCCCCCCCCCCCC[P+](CCCCCC)(CCCCCC)CCCCCCN(S(=O)(=O)C(F)(F)F)S(=O)(=O)C(F)(F)F. The van der Waals surface area contributed by atoms with E-state index in [0.717, 1.165) is 25.4 Å². The minimum absolute atomic E-state index is 0.140. The van der Waals surface area contributed by atoms with Crippen molar-refractivity contribution in [1.82, 2.24) is 3.71 Å². The molecule has 0 N–H and O–H groups in total. The van der Waals surface area contributed by atoms with Crippen molar-refractivity contribution in [3.8, 4) is 0 Å². The molecule has 0 saturated carbocycles. The first kappa shape index (κ1) is 47.9. The molecule has 0 aromatic heterocycles. The molecular weight excluding hydrogens is 695 g/mol. The van der Waals surface area contributed by atoms with Gasteiger partial charge in [0, 0.05) is 13.8 Å². The van der Waals surface area contributed by atoms with Crippen molar-refractivity contribution < 1.29 is 43.2 Å². The van der Waals surface area contributed by atoms with Gasteiger partial charge in [0.15, 0.2) is 0 Å². The molecular formula is C34H67F6NO4PS2+. The highest BCUT2D eigenvalue weighted by Crippen LogP contribution is 2.61. The molecule has 0 aliphatic heterocycles. The molecule has 0 spiro atoms. The number of sulfonamides is 2. The Morgan fingerprint density at radius 2 is 0.625 bits per heavy atom. The second kappa shape index (κ2) is 25.8. The quantitative estimate of drug-likeness (QED) is 0.0389. The second-order valence-electron chi connectivity index (χ2n) is 13.6. The van der Waals surface area contributed by atoms with Crippen molar-refractivity contribution in [3.05, 3.63) is 0 Å². The summed E-state index contributed by atoms with van der Waals surface area (Å²) in [4.78, 5) is 0. The molecule has 290 valence electrons. The van der Waals surface area contributed by atoms with Crippen molar-refractivity contribution in [2.75, 3.05) is 31.2 Å². The van der Waals surface area contributed by atoms with E-state index in [0.29, 0.717) is 6.42 Å². The minimum Gasteiger partial charge on any atom is -0.202 e. The summed E-state index contributed by atoms with van der Waals surface area (Å²) in [5.41, 5.74) is -12.3. The fourth-order valence-corrected chi connectivity index (χ4v) is 14.0. The standard InChI is InChI=1S/C34H67F6NO4PS2/c1-4-7-10-13-14-15-16-17-18-19-21-26-31-46(29-24-11-8-5-2,30-25-12-9-6-3)32-27-22-20-23-28-41(47(42,43)33(35,36)37)48(44,45)34(38,39)40/h4-32H2,1-3H3/q+1. The fourth-order valence-electron chi connectivity index (χ4n) is 6.35. The average Bonchev–Trinajstić information content (AvgIpc) is 3.00. The molecule has 0 radical (unpaired) electrons. The van der Waals surface area contributed by atoms with E-state index in [9.17, 15) is 43.2 Å². The van der Waals surface area contributed by atoms with Gasteiger partial charge in [0.25, 0.3) is 0 Å². The summed E-state index contributed by atoms with van der Waals surface area (Å²) in [6.45, 7) is 5.20. The molecule has 0 bridgehead atoms. The van der Waals surface area contributed by atoms with Gasteiger partial charge in [-0.3, -0.25) is 0 Å². The van der Waals surface area contributed by atoms with Crippen LogP contribution in [0.2, 0.25) is 0 Å². The topological polar surface area (TPSA) is 71.5 Å². The summed E-state index contributed by atoms with van der Waals surface area (Å²) in [5, 5.41) is 0. The lowest BCUT2D eigenvalue weighted by atomic mass is 10.1. The minimum atomic E-state index is -6.72. The van der Waals surface area contributed by atoms with Crippen LogP contribution < -0.4 is 0 Å². The molecule has 0 aromatic rings. The van der Waals surface area contributed by atoms with Gasteiger partial charge in [-0.25, -0.2) is 16.8 Å². The predicted molar refractivity (Wildman–Crippen MR) is 191 cm³/mol. The molecule has 0 unspecified atom stereocenters. The number of halogens is 6. The summed E-state index contributed by atoms with van der Waals surface area (Å²) < 4.78 is 124. The van der Waals surface area contributed by atoms with Gasteiger partial charge in [-0.15, -0.1) is 0 Å². The maximum Gasteiger partial charge on any atom is 0.512 e. The molecule has 0 rings (SSSR count). The van der Waals surface area contributed by atoms with E-state index >= 15 is 0 Å². The van der Waals surface area contributed by atoms with Gasteiger partial charge >= 0.3 is 31.1 Å². The number of unbranched alkanes of at least 4 members (excludes halogenated alkanes) is 20. The predicted octanol–water partition coefficient (Wildman–Crippen LogP) is 12.4. The number of hydrogen-bond acceptors (Lipinski definition) is 4. The smallest absolute Gasteiger partial charge is 0.202 e. The lowest BCUT2D eigenvalue weighted by Gasteiger charge is -2.29. The molecule has 5 nitrogen and oxygen atoms in total. The monoisotopic (exact) mass is 762 g/mol. The Morgan fingerprint density at radius 3 is 0.896 bits per heavy atom. The van der Waals surface area contributed by atoms with E-state index in [1.807, 2.05) is 0 Å². The summed E-state index contributed by atoms with van der Waals surface area (Å²) in [6.07, 6.45) is 30.4. The van der Waals surface area contributed by atoms with Gasteiger partial charge in [0.2, 0.25) is 0 Å². The molecule has 0 aromatic carbocycles. The van der Waals surface area contributed by atoms with Crippen LogP contribution in [0, 0.1) is 0 Å². The van der Waals surface area contributed by atoms with Crippen LogP contribution in [0.4, 0.5) is 26.3 Å². The van der Waals surface area contributed by atoms with Gasteiger partial charge in [-0.1, -0.05) is 121 Å². The highest BCUT2D eigenvalue weighted by molar-refractivity contribution is 8.04. The lowest BCUT2D eigenvalue weighted by Crippen LogP contribution is -2.49. The molecule has 0 saturated heterocycles. The number of nitrogens with zero attached hydrogens (tertiary/aromatic N) is 1. The number of hydrogen-bond donors (Lipinski definition) is 0. The third-order valence-corrected chi connectivity index (χ3v) is 18.1. The van der Waals surface area contributed by atoms with Crippen molar-refractivity contribution in [2.45, 2.75) is 186 Å². The highest BCUT2D eigenvalue weighted by Gasteiger charge is 2.61. The van der Waals surface area contributed by atoms with E-state index in [4.69, 9.17) is 0 Å². The highest BCUT2D eigenvalue weighted by atomic mass is 32.3.